The van der Waals surface area contributed by atoms with Crippen LogP contribution in [-0.2, 0) is 4.74 Å². The second kappa shape index (κ2) is 5.65. The molecule has 1 aromatic rings. The molecule has 0 bridgehead atoms. The van der Waals surface area contributed by atoms with Crippen LogP contribution in [0.1, 0.15) is 18.9 Å². The van der Waals surface area contributed by atoms with E-state index in [4.69, 9.17) is 4.74 Å². The normalized spacial score (nSPS) is 32.8. The number of aliphatic hydroxyl groups is 2. The minimum absolute atomic E-state index is 0.0854. The number of ether oxygens (including phenoxy) is 1. The zero-order valence-electron chi connectivity index (χ0n) is 10.6. The van der Waals surface area contributed by atoms with Crippen LogP contribution in [0.5, 0.6) is 0 Å². The van der Waals surface area contributed by atoms with Crippen molar-refractivity contribution in [3.8, 4) is 0 Å². The summed E-state index contributed by atoms with van der Waals surface area (Å²) in [4.78, 5) is 0. The first-order chi connectivity index (χ1) is 8.66. The largest absolute Gasteiger partial charge is 0.396 e. The predicted octanol–water partition coefficient (Wildman–Crippen LogP) is 1.85. The molecule has 0 spiro atoms. The van der Waals surface area contributed by atoms with Gasteiger partial charge in [0.05, 0.1) is 18.8 Å². The van der Waals surface area contributed by atoms with Crippen LogP contribution in [0, 0.1) is 5.41 Å². The van der Waals surface area contributed by atoms with Crippen LogP contribution in [0.4, 0.5) is 0 Å². The monoisotopic (exact) mass is 248 g/mol. The Morgan fingerprint density at radius 2 is 2.11 bits per heavy atom. The van der Waals surface area contributed by atoms with E-state index in [1.54, 1.807) is 0 Å². The molecule has 18 heavy (non-hydrogen) atoms. The van der Waals surface area contributed by atoms with Crippen LogP contribution < -0.4 is 0 Å². The fourth-order valence-electron chi connectivity index (χ4n) is 2.25. The Bertz CT molecular complexity index is 401. The van der Waals surface area contributed by atoms with E-state index in [9.17, 15) is 10.2 Å². The minimum Gasteiger partial charge on any atom is -0.396 e. The van der Waals surface area contributed by atoms with E-state index in [-0.39, 0.29) is 12.7 Å². The number of hydrogen-bond donors (Lipinski definition) is 2. The van der Waals surface area contributed by atoms with E-state index in [1.807, 2.05) is 49.4 Å². The molecule has 0 aromatic heterocycles. The number of aliphatic hydroxyl groups excluding tert-OH is 2. The maximum absolute atomic E-state index is 10.0. The number of rotatable bonds is 3. The van der Waals surface area contributed by atoms with Gasteiger partial charge in [0.2, 0.25) is 0 Å². The van der Waals surface area contributed by atoms with E-state index >= 15 is 0 Å². The van der Waals surface area contributed by atoms with Crippen molar-refractivity contribution in [2.45, 2.75) is 25.6 Å². The van der Waals surface area contributed by atoms with Gasteiger partial charge in [-0.05, 0) is 12.0 Å². The smallest absolute Gasteiger partial charge is 0.0859 e. The van der Waals surface area contributed by atoms with Gasteiger partial charge in [0.15, 0.2) is 0 Å². The first kappa shape index (κ1) is 13.3. The van der Waals surface area contributed by atoms with E-state index < -0.39 is 11.5 Å². The predicted molar refractivity (Wildman–Crippen MR) is 71.0 cm³/mol. The van der Waals surface area contributed by atoms with Gasteiger partial charge >= 0.3 is 0 Å². The molecule has 1 aliphatic heterocycles. The number of benzene rings is 1. The van der Waals surface area contributed by atoms with Crippen molar-refractivity contribution in [1.82, 2.24) is 0 Å². The molecule has 0 unspecified atom stereocenters. The lowest BCUT2D eigenvalue weighted by Crippen LogP contribution is -2.50. The van der Waals surface area contributed by atoms with Gasteiger partial charge in [0.25, 0.3) is 0 Å². The molecular formula is C15H20O3. The van der Waals surface area contributed by atoms with Gasteiger partial charge in [-0.1, -0.05) is 49.4 Å². The van der Waals surface area contributed by atoms with Crippen LogP contribution in [-0.4, -0.2) is 35.6 Å². The third-order valence-electron chi connectivity index (χ3n) is 3.70. The van der Waals surface area contributed by atoms with E-state index in [0.29, 0.717) is 13.0 Å². The molecule has 3 atom stereocenters. The quantitative estimate of drug-likeness (QED) is 0.858. The highest BCUT2D eigenvalue weighted by Crippen LogP contribution is 2.34. The van der Waals surface area contributed by atoms with Crippen molar-refractivity contribution in [1.29, 1.82) is 0 Å². The number of hydrogen-bond acceptors (Lipinski definition) is 3. The second-order valence-corrected chi connectivity index (χ2v) is 5.03. The summed E-state index contributed by atoms with van der Waals surface area (Å²) in [6.45, 7) is 2.30. The molecule has 0 aliphatic carbocycles. The lowest BCUT2D eigenvalue weighted by molar-refractivity contribution is -0.142. The Balaban J connectivity index is 2.14. The minimum atomic E-state index is -0.621. The van der Waals surface area contributed by atoms with Crippen molar-refractivity contribution in [2.75, 3.05) is 13.2 Å². The topological polar surface area (TPSA) is 49.7 Å². The Labute approximate surface area is 108 Å². The lowest BCUT2D eigenvalue weighted by Gasteiger charge is -2.42. The van der Waals surface area contributed by atoms with E-state index in [0.717, 1.165) is 5.56 Å². The average Bonchev–Trinajstić information content (AvgIpc) is 2.41. The maximum atomic E-state index is 10.0. The summed E-state index contributed by atoms with van der Waals surface area (Å²) in [6, 6.07) is 9.93. The van der Waals surface area contributed by atoms with Crippen LogP contribution in [0.15, 0.2) is 36.4 Å². The molecule has 98 valence electrons. The molecule has 1 heterocycles. The highest BCUT2D eigenvalue weighted by molar-refractivity contribution is 5.49. The van der Waals surface area contributed by atoms with Crippen molar-refractivity contribution in [3.05, 3.63) is 42.0 Å². The molecule has 0 amide bonds. The summed E-state index contributed by atoms with van der Waals surface area (Å²) in [5.74, 6) is 0. The molecule has 2 rings (SSSR count). The van der Waals surface area contributed by atoms with Gasteiger partial charge in [-0.15, -0.1) is 0 Å². The second-order valence-electron chi connectivity index (χ2n) is 5.03. The fourth-order valence-corrected chi connectivity index (χ4v) is 2.25. The van der Waals surface area contributed by atoms with Crippen molar-refractivity contribution >= 4 is 6.08 Å². The van der Waals surface area contributed by atoms with Crippen molar-refractivity contribution in [3.63, 3.8) is 0 Å². The van der Waals surface area contributed by atoms with Gasteiger partial charge in [-0.3, -0.25) is 0 Å². The molecule has 3 heteroatoms. The molecule has 1 aliphatic rings. The van der Waals surface area contributed by atoms with E-state index in [1.165, 1.54) is 0 Å². The van der Waals surface area contributed by atoms with Crippen LogP contribution in [0.2, 0.25) is 0 Å². The van der Waals surface area contributed by atoms with Crippen molar-refractivity contribution < 1.29 is 14.9 Å². The zero-order chi connectivity index (χ0) is 13.0. The van der Waals surface area contributed by atoms with Crippen molar-refractivity contribution in [2.24, 2.45) is 5.41 Å². The fraction of sp³-hybridized carbons (Fsp3) is 0.467. The Kier molecular flexibility index (Phi) is 4.17. The highest BCUT2D eigenvalue weighted by Gasteiger charge is 2.42. The molecule has 2 N–H and O–H groups in total. The average molecular weight is 248 g/mol. The summed E-state index contributed by atoms with van der Waals surface area (Å²) in [5, 5.41) is 19.5. The van der Waals surface area contributed by atoms with Gasteiger partial charge in [0, 0.05) is 12.0 Å². The SMILES string of the molecule is C[C@@]1(CO)[C@H](O)CCO[C@@H]1/C=C/c1ccccc1. The van der Waals surface area contributed by atoms with Gasteiger partial charge in [-0.2, -0.15) is 0 Å². The molecule has 1 aromatic carbocycles. The van der Waals surface area contributed by atoms with Crippen LogP contribution in [0.3, 0.4) is 0 Å². The summed E-state index contributed by atoms with van der Waals surface area (Å²) in [5.41, 5.74) is 0.463. The Hall–Kier alpha value is -1.16. The van der Waals surface area contributed by atoms with Gasteiger partial charge < -0.3 is 14.9 Å². The molecule has 1 fully saturated rings. The molecule has 0 saturated carbocycles. The molecule has 1 saturated heterocycles. The third-order valence-corrected chi connectivity index (χ3v) is 3.70. The van der Waals surface area contributed by atoms with E-state index in [2.05, 4.69) is 0 Å². The molecular weight excluding hydrogens is 228 g/mol. The zero-order valence-corrected chi connectivity index (χ0v) is 10.6. The first-order valence-corrected chi connectivity index (χ1v) is 6.30. The summed E-state index contributed by atoms with van der Waals surface area (Å²) >= 11 is 0. The molecule has 0 radical (unpaired) electrons. The maximum Gasteiger partial charge on any atom is 0.0859 e. The third kappa shape index (κ3) is 2.64. The van der Waals surface area contributed by atoms with Crippen LogP contribution in [0.25, 0.3) is 6.08 Å². The summed E-state index contributed by atoms with van der Waals surface area (Å²) < 4.78 is 5.67. The van der Waals surface area contributed by atoms with Crippen LogP contribution >= 0.6 is 0 Å². The standard InChI is InChI=1S/C15H20O3/c1-15(11-16)13(17)9-10-18-14(15)8-7-12-5-3-2-4-6-12/h2-8,13-14,16-17H,9-11H2,1H3/b8-7+/t13-,14-,15-/m1/s1. The Morgan fingerprint density at radius 3 is 2.78 bits per heavy atom. The highest BCUT2D eigenvalue weighted by atomic mass is 16.5. The summed E-state index contributed by atoms with van der Waals surface area (Å²) in [7, 11) is 0. The Morgan fingerprint density at radius 1 is 1.39 bits per heavy atom. The van der Waals surface area contributed by atoms with Gasteiger partial charge in [0.1, 0.15) is 0 Å². The lowest BCUT2D eigenvalue weighted by atomic mass is 9.76. The summed E-state index contributed by atoms with van der Waals surface area (Å²) in [6.07, 6.45) is 3.69. The first-order valence-electron chi connectivity index (χ1n) is 6.30. The van der Waals surface area contributed by atoms with Gasteiger partial charge in [-0.25, -0.2) is 0 Å². The molecule has 3 nitrogen and oxygen atoms in total.